The summed E-state index contributed by atoms with van der Waals surface area (Å²) in [7, 11) is 0. The highest BCUT2D eigenvalue weighted by Gasteiger charge is 2.05. The van der Waals surface area contributed by atoms with Gasteiger partial charge in [0.1, 0.15) is 5.75 Å². The van der Waals surface area contributed by atoms with Crippen LogP contribution in [0.1, 0.15) is 0 Å². The standard InChI is InChI=1S/C17H13F2N3O/c18-16(19)23-15-8-6-12(7-9-15)13-10-20-17(21-11-13)22-14-4-2-1-3-5-14/h1-11,16H,(H,20,21,22). The van der Waals surface area contributed by atoms with Crippen LogP contribution in [-0.2, 0) is 0 Å². The average molecular weight is 313 g/mol. The predicted octanol–water partition coefficient (Wildman–Crippen LogP) is 4.49. The van der Waals surface area contributed by atoms with Crippen LogP contribution in [0.2, 0.25) is 0 Å². The summed E-state index contributed by atoms with van der Waals surface area (Å²) in [5.74, 6) is 0.602. The molecule has 1 N–H and O–H groups in total. The fourth-order valence-electron chi connectivity index (χ4n) is 2.02. The first-order chi connectivity index (χ1) is 11.2. The second-order valence-electron chi connectivity index (χ2n) is 4.69. The highest BCUT2D eigenvalue weighted by molar-refractivity contribution is 5.63. The van der Waals surface area contributed by atoms with Gasteiger partial charge in [0.05, 0.1) is 0 Å². The van der Waals surface area contributed by atoms with Crippen LogP contribution in [-0.4, -0.2) is 16.6 Å². The third-order valence-corrected chi connectivity index (χ3v) is 3.09. The molecular formula is C17H13F2N3O. The van der Waals surface area contributed by atoms with Crippen LogP contribution in [0.25, 0.3) is 11.1 Å². The van der Waals surface area contributed by atoms with E-state index < -0.39 is 6.61 Å². The van der Waals surface area contributed by atoms with Gasteiger partial charge in [-0.1, -0.05) is 30.3 Å². The summed E-state index contributed by atoms with van der Waals surface area (Å²) in [6, 6.07) is 15.9. The van der Waals surface area contributed by atoms with Gasteiger partial charge in [-0.15, -0.1) is 0 Å². The van der Waals surface area contributed by atoms with Crippen molar-refractivity contribution in [2.75, 3.05) is 5.32 Å². The smallest absolute Gasteiger partial charge is 0.387 e. The molecule has 3 aromatic rings. The minimum atomic E-state index is -2.83. The molecule has 0 saturated heterocycles. The van der Waals surface area contributed by atoms with Gasteiger partial charge in [0.15, 0.2) is 0 Å². The zero-order chi connectivity index (χ0) is 16.1. The number of anilines is 2. The maximum absolute atomic E-state index is 12.1. The number of aromatic nitrogens is 2. The maximum atomic E-state index is 12.1. The second kappa shape index (κ2) is 6.83. The van der Waals surface area contributed by atoms with Crippen molar-refractivity contribution in [2.45, 2.75) is 6.61 Å². The molecule has 3 rings (SSSR count). The fourth-order valence-corrected chi connectivity index (χ4v) is 2.02. The zero-order valence-corrected chi connectivity index (χ0v) is 12.0. The number of hydrogen-bond donors (Lipinski definition) is 1. The lowest BCUT2D eigenvalue weighted by molar-refractivity contribution is -0.0498. The van der Waals surface area contributed by atoms with E-state index in [1.54, 1.807) is 24.5 Å². The van der Waals surface area contributed by atoms with Crippen LogP contribution >= 0.6 is 0 Å². The molecule has 0 aliphatic rings. The molecule has 0 saturated carbocycles. The lowest BCUT2D eigenvalue weighted by Crippen LogP contribution is -2.01. The summed E-state index contributed by atoms with van der Waals surface area (Å²) in [6.07, 6.45) is 3.34. The summed E-state index contributed by atoms with van der Waals surface area (Å²) < 4.78 is 28.6. The molecule has 0 atom stereocenters. The quantitative estimate of drug-likeness (QED) is 0.754. The van der Waals surface area contributed by atoms with Crippen LogP contribution in [0.5, 0.6) is 5.75 Å². The highest BCUT2D eigenvalue weighted by atomic mass is 19.3. The van der Waals surface area contributed by atoms with Gasteiger partial charge in [-0.3, -0.25) is 0 Å². The Kier molecular flexibility index (Phi) is 4.42. The van der Waals surface area contributed by atoms with E-state index in [1.807, 2.05) is 30.3 Å². The van der Waals surface area contributed by atoms with Crippen molar-refractivity contribution in [3.63, 3.8) is 0 Å². The minimum Gasteiger partial charge on any atom is -0.435 e. The van der Waals surface area contributed by atoms with Crippen LogP contribution in [0.4, 0.5) is 20.4 Å². The second-order valence-corrected chi connectivity index (χ2v) is 4.69. The van der Waals surface area contributed by atoms with Crippen LogP contribution in [0.3, 0.4) is 0 Å². The minimum absolute atomic E-state index is 0.118. The Balaban J connectivity index is 1.71. The molecule has 0 aliphatic heterocycles. The number of nitrogens with zero attached hydrogens (tertiary/aromatic N) is 2. The van der Waals surface area contributed by atoms with Gasteiger partial charge in [-0.2, -0.15) is 8.78 Å². The summed E-state index contributed by atoms with van der Waals surface area (Å²) in [4.78, 5) is 8.50. The lowest BCUT2D eigenvalue weighted by Gasteiger charge is -2.07. The number of nitrogens with one attached hydrogen (secondary N) is 1. The largest absolute Gasteiger partial charge is 0.435 e. The van der Waals surface area contributed by atoms with Crippen molar-refractivity contribution in [1.29, 1.82) is 0 Å². The number of para-hydroxylation sites is 1. The van der Waals surface area contributed by atoms with Crippen LogP contribution in [0.15, 0.2) is 67.0 Å². The molecule has 1 aromatic heterocycles. The van der Waals surface area contributed by atoms with Gasteiger partial charge in [0, 0.05) is 23.6 Å². The van der Waals surface area contributed by atoms with Crippen LogP contribution in [0, 0.1) is 0 Å². The van der Waals surface area contributed by atoms with E-state index in [-0.39, 0.29) is 5.75 Å². The zero-order valence-electron chi connectivity index (χ0n) is 12.0. The van der Waals surface area contributed by atoms with Crippen LogP contribution < -0.4 is 10.1 Å². The van der Waals surface area contributed by atoms with Gasteiger partial charge < -0.3 is 10.1 Å². The van der Waals surface area contributed by atoms with Gasteiger partial charge in [0.25, 0.3) is 0 Å². The van der Waals surface area contributed by atoms with E-state index in [9.17, 15) is 8.78 Å². The number of alkyl halides is 2. The van der Waals surface area contributed by atoms with Crippen molar-refractivity contribution in [2.24, 2.45) is 0 Å². The number of ether oxygens (including phenoxy) is 1. The molecule has 0 aliphatic carbocycles. The van der Waals surface area contributed by atoms with Gasteiger partial charge in [-0.25, -0.2) is 9.97 Å². The summed E-state index contributed by atoms with van der Waals surface area (Å²) in [6.45, 7) is -2.83. The Morgan fingerprint density at radius 2 is 1.48 bits per heavy atom. The maximum Gasteiger partial charge on any atom is 0.387 e. The molecule has 0 unspecified atom stereocenters. The summed E-state index contributed by atoms with van der Waals surface area (Å²) in [5.41, 5.74) is 2.50. The Labute approximate surface area is 131 Å². The van der Waals surface area contributed by atoms with Crippen molar-refractivity contribution in [3.05, 3.63) is 67.0 Å². The predicted molar refractivity (Wildman–Crippen MR) is 83.8 cm³/mol. The molecule has 0 spiro atoms. The number of halogens is 2. The number of benzene rings is 2. The molecule has 4 nitrogen and oxygen atoms in total. The summed E-state index contributed by atoms with van der Waals surface area (Å²) in [5, 5.41) is 3.09. The SMILES string of the molecule is FC(F)Oc1ccc(-c2cnc(Nc3ccccc3)nc2)cc1. The average Bonchev–Trinajstić information content (AvgIpc) is 2.57. The van der Waals surface area contributed by atoms with Crippen molar-refractivity contribution >= 4 is 11.6 Å². The first kappa shape index (κ1) is 14.9. The van der Waals surface area contributed by atoms with Crippen molar-refractivity contribution < 1.29 is 13.5 Å². The van der Waals surface area contributed by atoms with E-state index in [0.29, 0.717) is 5.95 Å². The van der Waals surface area contributed by atoms with E-state index >= 15 is 0 Å². The molecular weight excluding hydrogens is 300 g/mol. The molecule has 0 bridgehead atoms. The van der Waals surface area contributed by atoms with Gasteiger partial charge >= 0.3 is 6.61 Å². The van der Waals surface area contributed by atoms with Crippen molar-refractivity contribution in [1.82, 2.24) is 9.97 Å². The van der Waals surface area contributed by atoms with E-state index in [4.69, 9.17) is 0 Å². The highest BCUT2D eigenvalue weighted by Crippen LogP contribution is 2.23. The molecule has 1 heterocycles. The molecule has 0 amide bonds. The third kappa shape index (κ3) is 4.00. The lowest BCUT2D eigenvalue weighted by atomic mass is 10.1. The van der Waals surface area contributed by atoms with E-state index in [1.165, 1.54) is 12.1 Å². The first-order valence-electron chi connectivity index (χ1n) is 6.90. The molecule has 116 valence electrons. The number of hydrogen-bond acceptors (Lipinski definition) is 4. The molecule has 6 heteroatoms. The normalized spacial score (nSPS) is 10.6. The van der Waals surface area contributed by atoms with E-state index in [0.717, 1.165) is 16.8 Å². The Morgan fingerprint density at radius 3 is 2.09 bits per heavy atom. The molecule has 2 aromatic carbocycles. The first-order valence-corrected chi connectivity index (χ1v) is 6.90. The topological polar surface area (TPSA) is 47.0 Å². The number of rotatable bonds is 5. The third-order valence-electron chi connectivity index (χ3n) is 3.09. The van der Waals surface area contributed by atoms with Crippen molar-refractivity contribution in [3.8, 4) is 16.9 Å². The fraction of sp³-hybridized carbons (Fsp3) is 0.0588. The molecule has 23 heavy (non-hydrogen) atoms. The molecule has 0 radical (unpaired) electrons. The monoisotopic (exact) mass is 313 g/mol. The Morgan fingerprint density at radius 1 is 0.826 bits per heavy atom. The summed E-state index contributed by atoms with van der Waals surface area (Å²) >= 11 is 0. The Hall–Kier alpha value is -3.02. The van der Waals surface area contributed by atoms with Gasteiger partial charge in [-0.05, 0) is 29.8 Å². The molecule has 0 fully saturated rings. The Bertz CT molecular complexity index is 747. The van der Waals surface area contributed by atoms with E-state index in [2.05, 4.69) is 20.0 Å². The van der Waals surface area contributed by atoms with Gasteiger partial charge in [0.2, 0.25) is 5.95 Å².